The first kappa shape index (κ1) is 16.6. The van der Waals surface area contributed by atoms with E-state index in [9.17, 15) is 0 Å². The molecule has 1 saturated carbocycles. The van der Waals surface area contributed by atoms with Gasteiger partial charge in [0.05, 0.1) is 0 Å². The Morgan fingerprint density at radius 1 is 1.20 bits per heavy atom. The van der Waals surface area contributed by atoms with Crippen LogP contribution in [0.2, 0.25) is 0 Å². The summed E-state index contributed by atoms with van der Waals surface area (Å²) in [5, 5.41) is 4.61. The maximum atomic E-state index is 3.73. The van der Waals surface area contributed by atoms with Crippen molar-refractivity contribution in [3.63, 3.8) is 0 Å². The summed E-state index contributed by atoms with van der Waals surface area (Å²) in [6.45, 7) is 11.1. The van der Waals surface area contributed by atoms with Crippen molar-refractivity contribution in [1.82, 2.24) is 10.2 Å². The molecule has 1 aliphatic carbocycles. The minimum absolute atomic E-state index is 0.577. The molecule has 118 valence electrons. The summed E-state index contributed by atoms with van der Waals surface area (Å²) in [6.07, 6.45) is 9.86. The van der Waals surface area contributed by atoms with Gasteiger partial charge in [0, 0.05) is 37.2 Å². The van der Waals surface area contributed by atoms with Gasteiger partial charge in [-0.05, 0) is 37.6 Å². The van der Waals surface area contributed by atoms with Crippen molar-refractivity contribution in [2.75, 3.05) is 38.5 Å². The van der Waals surface area contributed by atoms with Crippen molar-refractivity contribution in [3.8, 4) is 0 Å². The number of nitrogens with one attached hydrogen (secondary N) is 1. The largest absolute Gasteiger partial charge is 0.316 e. The molecule has 1 heterocycles. The topological polar surface area (TPSA) is 15.3 Å². The van der Waals surface area contributed by atoms with Gasteiger partial charge >= 0.3 is 0 Å². The Hall–Kier alpha value is 0.270. The zero-order valence-electron chi connectivity index (χ0n) is 13.6. The van der Waals surface area contributed by atoms with Gasteiger partial charge < -0.3 is 10.2 Å². The molecule has 2 aliphatic rings. The lowest BCUT2D eigenvalue weighted by Gasteiger charge is -2.43. The van der Waals surface area contributed by atoms with Gasteiger partial charge in [0.2, 0.25) is 0 Å². The Morgan fingerprint density at radius 3 is 2.70 bits per heavy atom. The third kappa shape index (κ3) is 4.92. The Balaban J connectivity index is 1.88. The highest BCUT2D eigenvalue weighted by atomic mass is 32.2. The van der Waals surface area contributed by atoms with E-state index in [0.717, 1.165) is 5.25 Å². The molecular weight excluding hydrogens is 264 g/mol. The monoisotopic (exact) mass is 298 g/mol. The van der Waals surface area contributed by atoms with Gasteiger partial charge in [0.1, 0.15) is 0 Å². The maximum absolute atomic E-state index is 3.73. The van der Waals surface area contributed by atoms with Crippen LogP contribution in [0.4, 0.5) is 0 Å². The average Bonchev–Trinajstić information content (AvgIpc) is 2.48. The van der Waals surface area contributed by atoms with Crippen LogP contribution in [0.15, 0.2) is 0 Å². The lowest BCUT2D eigenvalue weighted by Crippen LogP contribution is -2.49. The summed E-state index contributed by atoms with van der Waals surface area (Å²) in [7, 11) is 0. The second-order valence-electron chi connectivity index (χ2n) is 6.87. The molecule has 0 radical (unpaired) electrons. The van der Waals surface area contributed by atoms with E-state index in [1.165, 1.54) is 83.4 Å². The van der Waals surface area contributed by atoms with E-state index in [2.05, 4.69) is 35.8 Å². The predicted octanol–water partition coefficient (Wildman–Crippen LogP) is 3.76. The first-order valence-electron chi connectivity index (χ1n) is 8.83. The number of rotatable bonds is 7. The van der Waals surface area contributed by atoms with Crippen LogP contribution in [-0.4, -0.2) is 48.6 Å². The highest BCUT2D eigenvalue weighted by Gasteiger charge is 2.34. The Bertz CT molecular complexity index is 264. The molecule has 2 rings (SSSR count). The Morgan fingerprint density at radius 2 is 2.00 bits per heavy atom. The van der Waals surface area contributed by atoms with Gasteiger partial charge in [0.15, 0.2) is 0 Å². The summed E-state index contributed by atoms with van der Waals surface area (Å²) in [6, 6.07) is 0. The zero-order chi connectivity index (χ0) is 14.3. The highest BCUT2D eigenvalue weighted by Crippen LogP contribution is 2.37. The van der Waals surface area contributed by atoms with E-state index in [-0.39, 0.29) is 0 Å². The van der Waals surface area contributed by atoms with Crippen LogP contribution in [0.5, 0.6) is 0 Å². The summed E-state index contributed by atoms with van der Waals surface area (Å²) in [4.78, 5) is 2.78. The van der Waals surface area contributed by atoms with Crippen molar-refractivity contribution in [1.29, 1.82) is 0 Å². The fourth-order valence-electron chi connectivity index (χ4n) is 3.87. The second kappa shape index (κ2) is 8.65. The normalized spacial score (nSPS) is 27.6. The van der Waals surface area contributed by atoms with Gasteiger partial charge in [-0.2, -0.15) is 11.8 Å². The standard InChI is InChI=1S/C17H34N2S/c1-3-10-18-14-17(8-6-5-7-9-17)15-19-11-12-20-16(4-2)13-19/h16,18H,3-15H2,1-2H3. The molecule has 1 atom stereocenters. The van der Waals surface area contributed by atoms with Crippen LogP contribution in [-0.2, 0) is 0 Å². The van der Waals surface area contributed by atoms with Crippen molar-refractivity contribution < 1.29 is 0 Å². The van der Waals surface area contributed by atoms with Crippen LogP contribution >= 0.6 is 11.8 Å². The first-order valence-corrected chi connectivity index (χ1v) is 9.87. The average molecular weight is 299 g/mol. The quantitative estimate of drug-likeness (QED) is 0.720. The van der Waals surface area contributed by atoms with Gasteiger partial charge in [-0.1, -0.05) is 33.1 Å². The van der Waals surface area contributed by atoms with Crippen molar-refractivity contribution >= 4 is 11.8 Å². The third-order valence-electron chi connectivity index (χ3n) is 5.08. The molecule has 0 amide bonds. The van der Waals surface area contributed by atoms with E-state index < -0.39 is 0 Å². The molecule has 20 heavy (non-hydrogen) atoms. The minimum atomic E-state index is 0.577. The van der Waals surface area contributed by atoms with Crippen molar-refractivity contribution in [2.45, 2.75) is 64.0 Å². The molecule has 0 aromatic rings. The lowest BCUT2D eigenvalue weighted by atomic mass is 9.73. The molecule has 2 nitrogen and oxygen atoms in total. The molecule has 0 aromatic carbocycles. The van der Waals surface area contributed by atoms with E-state index in [1.54, 1.807) is 0 Å². The predicted molar refractivity (Wildman–Crippen MR) is 91.7 cm³/mol. The van der Waals surface area contributed by atoms with E-state index in [4.69, 9.17) is 0 Å². The maximum Gasteiger partial charge on any atom is 0.0172 e. The molecule has 1 saturated heterocycles. The Kier molecular flexibility index (Phi) is 7.20. The van der Waals surface area contributed by atoms with Crippen LogP contribution in [0.25, 0.3) is 0 Å². The van der Waals surface area contributed by atoms with Crippen LogP contribution in [0.1, 0.15) is 58.8 Å². The molecule has 1 aliphatic heterocycles. The number of nitrogens with zero attached hydrogens (tertiary/aromatic N) is 1. The highest BCUT2D eigenvalue weighted by molar-refractivity contribution is 8.00. The lowest BCUT2D eigenvalue weighted by molar-refractivity contribution is 0.104. The SMILES string of the molecule is CCCNCC1(CN2CCSC(CC)C2)CCCCC1. The number of hydrogen-bond acceptors (Lipinski definition) is 3. The van der Waals surface area contributed by atoms with Gasteiger partial charge in [-0.25, -0.2) is 0 Å². The third-order valence-corrected chi connectivity index (χ3v) is 6.45. The van der Waals surface area contributed by atoms with E-state index >= 15 is 0 Å². The summed E-state index contributed by atoms with van der Waals surface area (Å²) in [5.74, 6) is 1.34. The van der Waals surface area contributed by atoms with Gasteiger partial charge in [-0.3, -0.25) is 0 Å². The molecule has 0 bridgehead atoms. The fraction of sp³-hybridized carbons (Fsp3) is 1.00. The molecule has 2 fully saturated rings. The van der Waals surface area contributed by atoms with Gasteiger partial charge in [-0.15, -0.1) is 0 Å². The fourth-order valence-corrected chi connectivity index (χ4v) is 5.12. The second-order valence-corrected chi connectivity index (χ2v) is 8.28. The summed E-state index contributed by atoms with van der Waals surface area (Å²) in [5.41, 5.74) is 0.577. The van der Waals surface area contributed by atoms with Crippen LogP contribution in [0, 0.1) is 5.41 Å². The zero-order valence-corrected chi connectivity index (χ0v) is 14.4. The summed E-state index contributed by atoms with van der Waals surface area (Å²) < 4.78 is 0. The smallest absolute Gasteiger partial charge is 0.0172 e. The molecule has 1 N–H and O–H groups in total. The van der Waals surface area contributed by atoms with E-state index in [1.807, 2.05) is 0 Å². The summed E-state index contributed by atoms with van der Waals surface area (Å²) >= 11 is 2.19. The van der Waals surface area contributed by atoms with Crippen molar-refractivity contribution in [3.05, 3.63) is 0 Å². The molecule has 3 heteroatoms. The number of thioether (sulfide) groups is 1. The first-order chi connectivity index (χ1) is 9.78. The molecular formula is C17H34N2S. The molecule has 1 unspecified atom stereocenters. The Labute approximate surface area is 130 Å². The van der Waals surface area contributed by atoms with Crippen molar-refractivity contribution in [2.24, 2.45) is 5.41 Å². The number of hydrogen-bond donors (Lipinski definition) is 1. The van der Waals surface area contributed by atoms with Crippen LogP contribution in [0.3, 0.4) is 0 Å². The van der Waals surface area contributed by atoms with E-state index in [0.29, 0.717) is 5.41 Å². The minimum Gasteiger partial charge on any atom is -0.316 e. The molecule has 0 aromatic heterocycles. The molecule has 0 spiro atoms. The van der Waals surface area contributed by atoms with Gasteiger partial charge in [0.25, 0.3) is 0 Å². The van der Waals surface area contributed by atoms with Crippen LogP contribution < -0.4 is 5.32 Å².